The normalized spacial score (nSPS) is 14.5. The number of rotatable bonds is 4. The Bertz CT molecular complexity index is 374. The first-order valence-electron chi connectivity index (χ1n) is 5.73. The van der Waals surface area contributed by atoms with E-state index in [1.807, 2.05) is 24.3 Å². The highest BCUT2D eigenvalue weighted by molar-refractivity contribution is 6.30. The second kappa shape index (κ2) is 6.03. The second-order valence-corrected chi connectivity index (χ2v) is 5.01. The van der Waals surface area contributed by atoms with Gasteiger partial charge < -0.3 is 11.1 Å². The quantitative estimate of drug-likeness (QED) is 0.868. The van der Waals surface area contributed by atoms with Gasteiger partial charge in [0.25, 0.3) is 0 Å². The van der Waals surface area contributed by atoms with E-state index in [4.69, 9.17) is 17.3 Å². The van der Waals surface area contributed by atoms with E-state index in [9.17, 15) is 4.79 Å². The van der Waals surface area contributed by atoms with Crippen LogP contribution < -0.4 is 11.1 Å². The molecule has 0 radical (unpaired) electrons. The summed E-state index contributed by atoms with van der Waals surface area (Å²) in [7, 11) is 0. The molecule has 1 aromatic carbocycles. The third kappa shape index (κ3) is 4.02. The minimum atomic E-state index is -0.497. The van der Waals surface area contributed by atoms with Gasteiger partial charge in [0.05, 0.1) is 12.1 Å². The highest BCUT2D eigenvalue weighted by atomic mass is 35.5. The zero-order valence-electron chi connectivity index (χ0n) is 10.4. The Morgan fingerprint density at radius 2 is 1.76 bits per heavy atom. The maximum atomic E-state index is 11.6. The Balaban J connectivity index is 2.86. The first kappa shape index (κ1) is 14.0. The van der Waals surface area contributed by atoms with Gasteiger partial charge >= 0.3 is 0 Å². The van der Waals surface area contributed by atoms with Crippen LogP contribution in [0.3, 0.4) is 0 Å². The smallest absolute Gasteiger partial charge is 0.237 e. The van der Waals surface area contributed by atoms with Crippen molar-refractivity contribution in [3.63, 3.8) is 0 Å². The first-order valence-corrected chi connectivity index (χ1v) is 6.11. The van der Waals surface area contributed by atoms with Gasteiger partial charge in [-0.05, 0) is 30.5 Å². The molecule has 0 saturated heterocycles. The summed E-state index contributed by atoms with van der Waals surface area (Å²) in [6.45, 7) is 5.79. The van der Waals surface area contributed by atoms with Crippen LogP contribution >= 0.6 is 11.6 Å². The molecule has 3 N–H and O–H groups in total. The lowest BCUT2D eigenvalue weighted by atomic mass is 9.96. The molecule has 0 bridgehead atoms. The van der Waals surface area contributed by atoms with Gasteiger partial charge in [0.1, 0.15) is 0 Å². The molecule has 17 heavy (non-hydrogen) atoms. The molecule has 4 heteroatoms. The highest BCUT2D eigenvalue weighted by Gasteiger charge is 2.19. The Labute approximate surface area is 107 Å². The van der Waals surface area contributed by atoms with E-state index in [0.29, 0.717) is 10.9 Å². The standard InChI is InChI=1S/C13H19ClN2O/c1-8(2)12(16-13(17)9(3)15)10-4-6-11(14)7-5-10/h4-9,12H,15H2,1-3H3,(H,16,17)/t9-,12?/m1/s1. The fourth-order valence-corrected chi connectivity index (χ4v) is 1.72. The van der Waals surface area contributed by atoms with Gasteiger partial charge in [-0.15, -0.1) is 0 Å². The molecule has 0 saturated carbocycles. The SMILES string of the molecule is CC(C)C(NC(=O)[C@@H](C)N)c1ccc(Cl)cc1. The van der Waals surface area contributed by atoms with Gasteiger partial charge in [0.15, 0.2) is 0 Å². The van der Waals surface area contributed by atoms with Crippen molar-refractivity contribution in [2.75, 3.05) is 0 Å². The zero-order valence-corrected chi connectivity index (χ0v) is 11.2. The fraction of sp³-hybridized carbons (Fsp3) is 0.462. The molecule has 1 unspecified atom stereocenters. The average molecular weight is 255 g/mol. The van der Waals surface area contributed by atoms with Crippen LogP contribution in [0.5, 0.6) is 0 Å². The molecule has 2 atom stereocenters. The Hall–Kier alpha value is -1.06. The molecule has 94 valence electrons. The van der Waals surface area contributed by atoms with Gasteiger partial charge in [-0.3, -0.25) is 4.79 Å². The molecule has 1 aromatic rings. The lowest BCUT2D eigenvalue weighted by molar-refractivity contribution is -0.123. The summed E-state index contributed by atoms with van der Waals surface area (Å²) in [6, 6.07) is 6.96. The molecular formula is C13H19ClN2O. The van der Waals surface area contributed by atoms with Crippen molar-refractivity contribution in [1.29, 1.82) is 0 Å². The minimum absolute atomic E-state index is 0.0363. The Morgan fingerprint density at radius 3 is 2.18 bits per heavy atom. The number of hydrogen-bond donors (Lipinski definition) is 2. The molecular weight excluding hydrogens is 236 g/mol. The summed E-state index contributed by atoms with van der Waals surface area (Å²) in [6.07, 6.45) is 0. The Kier molecular flexibility index (Phi) is 4.97. The van der Waals surface area contributed by atoms with E-state index in [2.05, 4.69) is 19.2 Å². The van der Waals surface area contributed by atoms with Crippen LogP contribution in [-0.4, -0.2) is 11.9 Å². The molecule has 0 aliphatic heterocycles. The maximum absolute atomic E-state index is 11.6. The number of amides is 1. The van der Waals surface area contributed by atoms with Crippen molar-refractivity contribution in [1.82, 2.24) is 5.32 Å². The number of halogens is 1. The topological polar surface area (TPSA) is 55.1 Å². The van der Waals surface area contributed by atoms with Crippen molar-refractivity contribution in [2.45, 2.75) is 32.9 Å². The summed E-state index contributed by atoms with van der Waals surface area (Å²) < 4.78 is 0. The third-order valence-electron chi connectivity index (χ3n) is 2.61. The number of nitrogens with two attached hydrogens (primary N) is 1. The van der Waals surface area contributed by atoms with E-state index in [1.165, 1.54) is 0 Å². The van der Waals surface area contributed by atoms with Crippen molar-refractivity contribution in [3.8, 4) is 0 Å². The maximum Gasteiger partial charge on any atom is 0.237 e. The van der Waals surface area contributed by atoms with Crippen LogP contribution in [0.25, 0.3) is 0 Å². The summed E-state index contributed by atoms with van der Waals surface area (Å²) in [5, 5.41) is 3.63. The fourth-order valence-electron chi connectivity index (χ4n) is 1.59. The summed E-state index contributed by atoms with van der Waals surface area (Å²) in [4.78, 5) is 11.6. The van der Waals surface area contributed by atoms with Gasteiger partial charge in [0, 0.05) is 5.02 Å². The molecule has 0 spiro atoms. The van der Waals surface area contributed by atoms with Gasteiger partial charge in [-0.1, -0.05) is 37.6 Å². The van der Waals surface area contributed by atoms with Gasteiger partial charge in [-0.2, -0.15) is 0 Å². The summed E-state index contributed by atoms with van der Waals surface area (Å²) in [5.74, 6) is 0.150. The molecule has 1 amide bonds. The van der Waals surface area contributed by atoms with Crippen LogP contribution in [-0.2, 0) is 4.79 Å². The minimum Gasteiger partial charge on any atom is -0.348 e. The number of hydrogen-bond acceptors (Lipinski definition) is 2. The third-order valence-corrected chi connectivity index (χ3v) is 2.86. The molecule has 3 nitrogen and oxygen atoms in total. The lowest BCUT2D eigenvalue weighted by Crippen LogP contribution is -2.41. The van der Waals surface area contributed by atoms with Crippen molar-refractivity contribution >= 4 is 17.5 Å². The molecule has 0 aliphatic rings. The van der Waals surface area contributed by atoms with Gasteiger partial charge in [0.2, 0.25) is 5.91 Å². The second-order valence-electron chi connectivity index (χ2n) is 4.57. The van der Waals surface area contributed by atoms with Crippen LogP contribution in [0.4, 0.5) is 0 Å². The molecule has 0 aliphatic carbocycles. The van der Waals surface area contributed by atoms with Crippen molar-refractivity contribution < 1.29 is 4.79 Å². The number of carbonyl (C=O) groups is 1. The van der Waals surface area contributed by atoms with Crippen LogP contribution in [0, 0.1) is 5.92 Å². The average Bonchev–Trinajstić information content (AvgIpc) is 2.26. The van der Waals surface area contributed by atoms with Crippen LogP contribution in [0.1, 0.15) is 32.4 Å². The number of nitrogens with one attached hydrogen (secondary N) is 1. The summed E-state index contributed by atoms with van der Waals surface area (Å²) >= 11 is 5.84. The Morgan fingerprint density at radius 1 is 1.24 bits per heavy atom. The largest absolute Gasteiger partial charge is 0.348 e. The molecule has 0 heterocycles. The predicted molar refractivity (Wildman–Crippen MR) is 70.8 cm³/mol. The molecule has 0 fully saturated rings. The molecule has 1 rings (SSSR count). The first-order chi connectivity index (χ1) is 7.91. The predicted octanol–water partition coefficient (Wildman–Crippen LogP) is 2.50. The number of carbonyl (C=O) groups excluding carboxylic acids is 1. The van der Waals surface area contributed by atoms with Crippen LogP contribution in [0.2, 0.25) is 5.02 Å². The van der Waals surface area contributed by atoms with E-state index < -0.39 is 6.04 Å². The van der Waals surface area contributed by atoms with Crippen LogP contribution in [0.15, 0.2) is 24.3 Å². The lowest BCUT2D eigenvalue weighted by Gasteiger charge is -2.24. The number of benzene rings is 1. The van der Waals surface area contributed by atoms with Crippen molar-refractivity contribution in [3.05, 3.63) is 34.9 Å². The highest BCUT2D eigenvalue weighted by Crippen LogP contribution is 2.23. The van der Waals surface area contributed by atoms with E-state index >= 15 is 0 Å². The summed E-state index contributed by atoms with van der Waals surface area (Å²) in [5.41, 5.74) is 6.59. The van der Waals surface area contributed by atoms with Crippen molar-refractivity contribution in [2.24, 2.45) is 11.7 Å². The van der Waals surface area contributed by atoms with E-state index in [-0.39, 0.29) is 11.9 Å². The molecule has 0 aromatic heterocycles. The van der Waals surface area contributed by atoms with Gasteiger partial charge in [-0.25, -0.2) is 0 Å². The van der Waals surface area contributed by atoms with E-state index in [0.717, 1.165) is 5.56 Å². The van der Waals surface area contributed by atoms with E-state index in [1.54, 1.807) is 6.92 Å². The zero-order chi connectivity index (χ0) is 13.0. The monoisotopic (exact) mass is 254 g/mol.